The van der Waals surface area contributed by atoms with Gasteiger partial charge in [-0.15, -0.1) is 0 Å². The molecule has 1 saturated carbocycles. The SMILES string of the molecule is CNC1CCCCC1c1nc(-c2cncn2C)no1. The number of aryl methyl sites for hydroxylation is 1. The van der Waals surface area contributed by atoms with Crippen LogP contribution in [0.25, 0.3) is 11.5 Å². The first kappa shape index (κ1) is 12.3. The van der Waals surface area contributed by atoms with E-state index in [1.54, 1.807) is 12.5 Å². The highest BCUT2D eigenvalue weighted by atomic mass is 16.5. The normalized spacial score (nSPS) is 23.7. The van der Waals surface area contributed by atoms with E-state index >= 15 is 0 Å². The number of rotatable bonds is 3. The van der Waals surface area contributed by atoms with Gasteiger partial charge in [-0.25, -0.2) is 4.98 Å². The molecule has 6 heteroatoms. The minimum atomic E-state index is 0.327. The van der Waals surface area contributed by atoms with Gasteiger partial charge in [-0.3, -0.25) is 0 Å². The molecule has 2 aromatic heterocycles. The second-order valence-electron chi connectivity index (χ2n) is 5.13. The highest BCUT2D eigenvalue weighted by Crippen LogP contribution is 2.32. The zero-order valence-corrected chi connectivity index (χ0v) is 11.3. The Hall–Kier alpha value is -1.69. The van der Waals surface area contributed by atoms with Crippen molar-refractivity contribution in [2.45, 2.75) is 37.6 Å². The van der Waals surface area contributed by atoms with E-state index in [0.717, 1.165) is 18.0 Å². The average molecular weight is 261 g/mol. The van der Waals surface area contributed by atoms with Gasteiger partial charge in [0.1, 0.15) is 5.69 Å². The number of hydrogen-bond donors (Lipinski definition) is 1. The standard InChI is InChI=1S/C13H19N5O/c1-14-10-6-4-3-5-9(10)13-16-12(17-19-13)11-7-15-8-18(11)2/h7-10,14H,3-6H2,1-2H3. The molecule has 0 spiro atoms. The first-order valence-electron chi connectivity index (χ1n) is 6.77. The number of imidazole rings is 1. The summed E-state index contributed by atoms with van der Waals surface area (Å²) >= 11 is 0. The molecule has 0 radical (unpaired) electrons. The second kappa shape index (κ2) is 5.13. The number of likely N-dealkylation sites (N-methyl/N-ethyl adjacent to an activating group) is 1. The Morgan fingerprint density at radius 2 is 2.21 bits per heavy atom. The summed E-state index contributed by atoms with van der Waals surface area (Å²) in [5, 5.41) is 7.45. The van der Waals surface area contributed by atoms with E-state index in [1.165, 1.54) is 19.3 Å². The summed E-state index contributed by atoms with van der Waals surface area (Å²) in [7, 11) is 3.93. The van der Waals surface area contributed by atoms with Gasteiger partial charge in [0.25, 0.3) is 0 Å². The molecule has 19 heavy (non-hydrogen) atoms. The van der Waals surface area contributed by atoms with E-state index in [4.69, 9.17) is 4.52 Å². The predicted molar refractivity (Wildman–Crippen MR) is 70.6 cm³/mol. The minimum absolute atomic E-state index is 0.327. The van der Waals surface area contributed by atoms with Crippen LogP contribution >= 0.6 is 0 Å². The molecule has 102 valence electrons. The van der Waals surface area contributed by atoms with Crippen molar-refractivity contribution in [3.05, 3.63) is 18.4 Å². The lowest BCUT2D eigenvalue weighted by Crippen LogP contribution is -2.34. The summed E-state index contributed by atoms with van der Waals surface area (Å²) in [4.78, 5) is 8.64. The smallest absolute Gasteiger partial charge is 0.231 e. The summed E-state index contributed by atoms with van der Waals surface area (Å²) < 4.78 is 7.37. The maximum Gasteiger partial charge on any atom is 0.231 e. The van der Waals surface area contributed by atoms with Gasteiger partial charge in [-0.05, 0) is 19.9 Å². The van der Waals surface area contributed by atoms with Crippen LogP contribution in [0.3, 0.4) is 0 Å². The Kier molecular flexibility index (Phi) is 3.33. The maximum absolute atomic E-state index is 5.47. The summed E-state index contributed by atoms with van der Waals surface area (Å²) in [5.74, 6) is 1.69. The van der Waals surface area contributed by atoms with Gasteiger partial charge in [0, 0.05) is 13.1 Å². The maximum atomic E-state index is 5.47. The van der Waals surface area contributed by atoms with E-state index in [9.17, 15) is 0 Å². The predicted octanol–water partition coefficient (Wildman–Crippen LogP) is 1.72. The van der Waals surface area contributed by atoms with Crippen LogP contribution in [0.5, 0.6) is 0 Å². The lowest BCUT2D eigenvalue weighted by Gasteiger charge is -2.28. The van der Waals surface area contributed by atoms with Crippen molar-refractivity contribution in [1.82, 2.24) is 25.0 Å². The molecular formula is C13H19N5O. The minimum Gasteiger partial charge on any atom is -0.339 e. The van der Waals surface area contributed by atoms with Crippen molar-refractivity contribution in [3.63, 3.8) is 0 Å². The molecular weight excluding hydrogens is 242 g/mol. The van der Waals surface area contributed by atoms with Gasteiger partial charge in [0.15, 0.2) is 0 Å². The Labute approximate surface area is 112 Å². The molecule has 6 nitrogen and oxygen atoms in total. The summed E-state index contributed by atoms with van der Waals surface area (Å²) in [5.41, 5.74) is 0.881. The number of hydrogen-bond acceptors (Lipinski definition) is 5. The van der Waals surface area contributed by atoms with Crippen LogP contribution < -0.4 is 5.32 Å². The fourth-order valence-electron chi connectivity index (χ4n) is 2.83. The van der Waals surface area contributed by atoms with Crippen LogP contribution in [0.2, 0.25) is 0 Å². The molecule has 1 N–H and O–H groups in total. The van der Waals surface area contributed by atoms with Gasteiger partial charge in [0.05, 0.1) is 18.4 Å². The molecule has 3 rings (SSSR count). The van der Waals surface area contributed by atoms with Crippen LogP contribution in [-0.2, 0) is 7.05 Å². The Morgan fingerprint density at radius 1 is 1.37 bits per heavy atom. The van der Waals surface area contributed by atoms with Crippen LogP contribution in [0.1, 0.15) is 37.5 Å². The highest BCUT2D eigenvalue weighted by Gasteiger charge is 2.30. The largest absolute Gasteiger partial charge is 0.339 e. The van der Waals surface area contributed by atoms with E-state index in [-0.39, 0.29) is 0 Å². The first-order valence-corrected chi connectivity index (χ1v) is 6.77. The third-order valence-corrected chi connectivity index (χ3v) is 3.94. The third-order valence-electron chi connectivity index (χ3n) is 3.94. The zero-order valence-electron chi connectivity index (χ0n) is 11.3. The molecule has 2 heterocycles. The van der Waals surface area contributed by atoms with E-state index in [1.807, 2.05) is 18.7 Å². The zero-order chi connectivity index (χ0) is 13.2. The topological polar surface area (TPSA) is 68.8 Å². The fourth-order valence-corrected chi connectivity index (χ4v) is 2.83. The number of nitrogens with zero attached hydrogens (tertiary/aromatic N) is 4. The van der Waals surface area contributed by atoms with Crippen molar-refractivity contribution in [2.24, 2.45) is 7.05 Å². The van der Waals surface area contributed by atoms with Crippen LogP contribution in [0, 0.1) is 0 Å². The summed E-state index contributed by atoms with van der Waals surface area (Å²) in [6.45, 7) is 0. The Bertz CT molecular complexity index is 547. The third kappa shape index (κ3) is 2.28. The monoisotopic (exact) mass is 261 g/mol. The molecule has 2 atom stereocenters. The molecule has 1 aliphatic rings. The van der Waals surface area contributed by atoms with E-state index in [0.29, 0.717) is 17.8 Å². The highest BCUT2D eigenvalue weighted by molar-refractivity contribution is 5.47. The first-order chi connectivity index (χ1) is 9.29. The molecule has 2 aromatic rings. The van der Waals surface area contributed by atoms with Gasteiger partial charge >= 0.3 is 0 Å². The Morgan fingerprint density at radius 3 is 2.95 bits per heavy atom. The summed E-state index contributed by atoms with van der Waals surface area (Å²) in [6.07, 6.45) is 8.27. The molecule has 1 fully saturated rings. The van der Waals surface area contributed by atoms with Gasteiger partial charge in [-0.1, -0.05) is 18.0 Å². The Balaban J connectivity index is 1.86. The molecule has 0 bridgehead atoms. The number of aromatic nitrogens is 4. The van der Waals surface area contributed by atoms with E-state index in [2.05, 4.69) is 20.4 Å². The van der Waals surface area contributed by atoms with Crippen molar-refractivity contribution < 1.29 is 4.52 Å². The van der Waals surface area contributed by atoms with Crippen LogP contribution in [-0.4, -0.2) is 32.8 Å². The van der Waals surface area contributed by atoms with Gasteiger partial charge in [0.2, 0.25) is 11.7 Å². The molecule has 0 aromatic carbocycles. The molecule has 1 aliphatic carbocycles. The van der Waals surface area contributed by atoms with Gasteiger partial charge < -0.3 is 14.4 Å². The van der Waals surface area contributed by atoms with Crippen molar-refractivity contribution in [3.8, 4) is 11.5 Å². The molecule has 2 unspecified atom stereocenters. The second-order valence-corrected chi connectivity index (χ2v) is 5.13. The van der Waals surface area contributed by atoms with Crippen LogP contribution in [0.4, 0.5) is 0 Å². The molecule has 0 amide bonds. The average Bonchev–Trinajstić information content (AvgIpc) is 3.07. The quantitative estimate of drug-likeness (QED) is 0.911. The van der Waals surface area contributed by atoms with Crippen LogP contribution in [0.15, 0.2) is 17.0 Å². The number of nitrogens with one attached hydrogen (secondary N) is 1. The molecule has 0 saturated heterocycles. The van der Waals surface area contributed by atoms with Crippen molar-refractivity contribution in [2.75, 3.05) is 7.05 Å². The molecule has 0 aliphatic heterocycles. The lowest BCUT2D eigenvalue weighted by molar-refractivity contribution is 0.270. The van der Waals surface area contributed by atoms with E-state index < -0.39 is 0 Å². The van der Waals surface area contributed by atoms with Crippen molar-refractivity contribution in [1.29, 1.82) is 0 Å². The van der Waals surface area contributed by atoms with Gasteiger partial charge in [-0.2, -0.15) is 4.98 Å². The van der Waals surface area contributed by atoms with Crippen molar-refractivity contribution >= 4 is 0 Å². The summed E-state index contributed by atoms with van der Waals surface area (Å²) in [6, 6.07) is 0.439. The fraction of sp³-hybridized carbons (Fsp3) is 0.615. The lowest BCUT2D eigenvalue weighted by atomic mass is 9.84.